The molecule has 0 aromatic heterocycles. The molecule has 4 heteroatoms. The largest absolute Gasteiger partial charge is 0.192 e. The lowest BCUT2D eigenvalue weighted by Gasteiger charge is -2.11. The first kappa shape index (κ1) is 7.31. The van der Waals surface area contributed by atoms with Gasteiger partial charge < -0.3 is 0 Å². The Morgan fingerprint density at radius 3 is 2.30 bits per heavy atom. The number of unbranched alkanes of at least 4 members (excludes halogenated alkanes) is 1. The zero-order valence-electron chi connectivity index (χ0n) is 6.41. The lowest BCUT2D eigenvalue weighted by Crippen LogP contribution is -2.14. The summed E-state index contributed by atoms with van der Waals surface area (Å²) in [5.74, 6) is 0. The number of hydrogen-bond donors (Lipinski definition) is 0. The van der Waals surface area contributed by atoms with Crippen LogP contribution in [0.3, 0.4) is 0 Å². The van der Waals surface area contributed by atoms with Crippen molar-refractivity contribution in [3.63, 3.8) is 0 Å². The van der Waals surface area contributed by atoms with Crippen LogP contribution in [-0.4, -0.2) is 5.66 Å². The van der Waals surface area contributed by atoms with Gasteiger partial charge in [0.05, 0.1) is 0 Å². The second-order valence-corrected chi connectivity index (χ2v) is 2.70. The Balaban J connectivity index is 2.38. The van der Waals surface area contributed by atoms with E-state index in [1.807, 2.05) is 6.92 Å². The van der Waals surface area contributed by atoms with Crippen LogP contribution in [0.4, 0.5) is 0 Å². The molecular formula is C6H12N4. The molecule has 0 aromatic carbocycles. The third kappa shape index (κ3) is 1.59. The quantitative estimate of drug-likeness (QED) is 0.578. The fraction of sp³-hybridized carbons (Fsp3) is 1.00. The number of nitrogens with zero attached hydrogens (tertiary/aromatic N) is 4. The van der Waals surface area contributed by atoms with Crippen molar-refractivity contribution in [1.82, 2.24) is 0 Å². The maximum absolute atomic E-state index is 3.90. The fourth-order valence-corrected chi connectivity index (χ4v) is 0.864. The average Bonchev–Trinajstić information content (AvgIpc) is 2.33. The molecule has 1 aliphatic heterocycles. The summed E-state index contributed by atoms with van der Waals surface area (Å²) in [4.78, 5) is 0. The molecule has 0 spiro atoms. The van der Waals surface area contributed by atoms with Crippen molar-refractivity contribution in [2.45, 2.75) is 38.8 Å². The second-order valence-electron chi connectivity index (χ2n) is 2.70. The van der Waals surface area contributed by atoms with Crippen LogP contribution in [0.15, 0.2) is 20.7 Å². The van der Waals surface area contributed by atoms with Crippen molar-refractivity contribution in [2.75, 3.05) is 0 Å². The van der Waals surface area contributed by atoms with E-state index in [0.29, 0.717) is 0 Å². The van der Waals surface area contributed by atoms with Crippen molar-refractivity contribution < 1.29 is 0 Å². The van der Waals surface area contributed by atoms with Gasteiger partial charge in [0.2, 0.25) is 0 Å². The van der Waals surface area contributed by atoms with E-state index >= 15 is 0 Å². The molecule has 0 atom stereocenters. The van der Waals surface area contributed by atoms with E-state index in [0.717, 1.165) is 12.8 Å². The molecule has 0 amide bonds. The summed E-state index contributed by atoms with van der Waals surface area (Å²) in [5.41, 5.74) is -0.337. The molecule has 4 nitrogen and oxygen atoms in total. The van der Waals surface area contributed by atoms with Gasteiger partial charge in [-0.1, -0.05) is 13.3 Å². The van der Waals surface area contributed by atoms with Gasteiger partial charge in [-0.25, -0.2) is 0 Å². The number of rotatable bonds is 3. The maximum Gasteiger partial charge on any atom is 0.192 e. The van der Waals surface area contributed by atoms with Crippen LogP contribution in [0.1, 0.15) is 33.1 Å². The maximum atomic E-state index is 3.90. The molecule has 0 radical (unpaired) electrons. The van der Waals surface area contributed by atoms with Gasteiger partial charge in [-0.3, -0.25) is 0 Å². The highest BCUT2D eigenvalue weighted by atomic mass is 15.6. The van der Waals surface area contributed by atoms with Crippen LogP contribution in [0.25, 0.3) is 0 Å². The topological polar surface area (TPSA) is 49.4 Å². The smallest absolute Gasteiger partial charge is 0.135 e. The second kappa shape index (κ2) is 2.86. The van der Waals surface area contributed by atoms with Gasteiger partial charge in [-0.15, -0.1) is 10.2 Å². The molecule has 1 aliphatic rings. The normalized spacial score (nSPS) is 20.2. The van der Waals surface area contributed by atoms with Crippen LogP contribution in [0, 0.1) is 0 Å². The highest BCUT2D eigenvalue weighted by Crippen LogP contribution is 2.25. The van der Waals surface area contributed by atoms with E-state index < -0.39 is 0 Å². The zero-order chi connectivity index (χ0) is 7.45. The standard InChI is InChI=1S/C6H12N4/c1-3-4-5-6(2)7-9-10-8-6/h3-5H2,1-2H3. The molecule has 0 N–H and O–H groups in total. The SMILES string of the molecule is CCCCC1(C)N=NN=N1. The Labute approximate surface area is 60.4 Å². The molecule has 0 aliphatic carbocycles. The Morgan fingerprint density at radius 2 is 1.80 bits per heavy atom. The molecule has 0 unspecified atom stereocenters. The van der Waals surface area contributed by atoms with Crippen LogP contribution in [0.2, 0.25) is 0 Å². The Bertz CT molecular complexity index is 149. The van der Waals surface area contributed by atoms with E-state index in [9.17, 15) is 0 Å². The molecule has 0 aromatic rings. The van der Waals surface area contributed by atoms with E-state index in [1.165, 1.54) is 6.42 Å². The highest BCUT2D eigenvalue weighted by Gasteiger charge is 2.25. The van der Waals surface area contributed by atoms with Crippen LogP contribution >= 0.6 is 0 Å². The van der Waals surface area contributed by atoms with E-state index in [2.05, 4.69) is 27.6 Å². The summed E-state index contributed by atoms with van der Waals surface area (Å²) < 4.78 is 0. The number of hydrogen-bond acceptors (Lipinski definition) is 4. The summed E-state index contributed by atoms with van der Waals surface area (Å²) in [7, 11) is 0. The molecule has 1 rings (SSSR count). The molecule has 0 saturated heterocycles. The van der Waals surface area contributed by atoms with Crippen molar-refractivity contribution >= 4 is 0 Å². The van der Waals surface area contributed by atoms with E-state index in [-0.39, 0.29) is 5.66 Å². The molecule has 56 valence electrons. The van der Waals surface area contributed by atoms with Crippen LogP contribution in [0.5, 0.6) is 0 Å². The third-order valence-electron chi connectivity index (χ3n) is 1.56. The Morgan fingerprint density at radius 1 is 1.20 bits per heavy atom. The lowest BCUT2D eigenvalue weighted by atomic mass is 10.1. The minimum atomic E-state index is -0.337. The summed E-state index contributed by atoms with van der Waals surface area (Å²) in [5, 5.41) is 14.7. The minimum Gasteiger partial charge on any atom is -0.135 e. The first-order chi connectivity index (χ1) is 4.77. The van der Waals surface area contributed by atoms with Crippen molar-refractivity contribution in [3.8, 4) is 0 Å². The summed E-state index contributed by atoms with van der Waals surface area (Å²) in [6, 6.07) is 0. The summed E-state index contributed by atoms with van der Waals surface area (Å²) in [6.45, 7) is 4.09. The van der Waals surface area contributed by atoms with Crippen molar-refractivity contribution in [2.24, 2.45) is 20.7 Å². The Kier molecular flexibility index (Phi) is 2.09. The first-order valence-electron chi connectivity index (χ1n) is 3.61. The lowest BCUT2D eigenvalue weighted by molar-refractivity contribution is 0.432. The fourth-order valence-electron chi connectivity index (χ4n) is 0.864. The van der Waals surface area contributed by atoms with Gasteiger partial charge in [0, 0.05) is 0 Å². The average molecular weight is 140 g/mol. The molecule has 10 heavy (non-hydrogen) atoms. The monoisotopic (exact) mass is 140 g/mol. The predicted octanol–water partition coefficient (Wildman–Crippen LogP) is 2.73. The highest BCUT2D eigenvalue weighted by molar-refractivity contribution is 4.78. The molecule has 1 heterocycles. The van der Waals surface area contributed by atoms with Crippen molar-refractivity contribution in [3.05, 3.63) is 0 Å². The van der Waals surface area contributed by atoms with Crippen molar-refractivity contribution in [1.29, 1.82) is 0 Å². The van der Waals surface area contributed by atoms with Gasteiger partial charge in [0.1, 0.15) is 0 Å². The molecule has 0 bridgehead atoms. The molecular weight excluding hydrogens is 128 g/mol. The van der Waals surface area contributed by atoms with E-state index in [1.54, 1.807) is 0 Å². The third-order valence-corrected chi connectivity index (χ3v) is 1.56. The zero-order valence-corrected chi connectivity index (χ0v) is 6.41. The predicted molar refractivity (Wildman–Crippen MR) is 37.6 cm³/mol. The van der Waals surface area contributed by atoms with Gasteiger partial charge in [-0.05, 0) is 30.2 Å². The molecule has 0 saturated carbocycles. The summed E-state index contributed by atoms with van der Waals surface area (Å²) in [6.07, 6.45) is 3.26. The van der Waals surface area contributed by atoms with Crippen LogP contribution in [-0.2, 0) is 0 Å². The minimum absolute atomic E-state index is 0.337. The van der Waals surface area contributed by atoms with Gasteiger partial charge in [-0.2, -0.15) is 0 Å². The van der Waals surface area contributed by atoms with Crippen LogP contribution < -0.4 is 0 Å². The molecule has 0 fully saturated rings. The Hall–Kier alpha value is -0.800. The van der Waals surface area contributed by atoms with E-state index in [4.69, 9.17) is 0 Å². The van der Waals surface area contributed by atoms with Gasteiger partial charge in [0.25, 0.3) is 0 Å². The van der Waals surface area contributed by atoms with Gasteiger partial charge in [0.15, 0.2) is 5.66 Å². The van der Waals surface area contributed by atoms with Gasteiger partial charge >= 0.3 is 0 Å². The summed E-state index contributed by atoms with van der Waals surface area (Å²) >= 11 is 0. The first-order valence-corrected chi connectivity index (χ1v) is 3.61.